The van der Waals surface area contributed by atoms with Gasteiger partial charge in [0.2, 0.25) is 17.7 Å². The molecule has 1 N–H and O–H groups in total. The third-order valence-corrected chi connectivity index (χ3v) is 4.13. The number of allylic oxidation sites excluding steroid dienone is 2. The van der Waals surface area contributed by atoms with Crippen LogP contribution in [0.2, 0.25) is 0 Å². The molecule has 2 atom stereocenters. The number of anilines is 1. The zero-order chi connectivity index (χ0) is 15.5. The summed E-state index contributed by atoms with van der Waals surface area (Å²) in [5.74, 6) is -0.978. The Labute approximate surface area is 128 Å². The first-order chi connectivity index (χ1) is 10.7. The van der Waals surface area contributed by atoms with Crippen molar-refractivity contribution in [3.63, 3.8) is 0 Å². The zero-order valence-corrected chi connectivity index (χ0v) is 12.1. The second-order valence-corrected chi connectivity index (χ2v) is 5.52. The van der Waals surface area contributed by atoms with Crippen LogP contribution in [0.4, 0.5) is 5.69 Å². The minimum atomic E-state index is -0.235. The summed E-state index contributed by atoms with van der Waals surface area (Å²) in [6.07, 6.45) is 8.41. The van der Waals surface area contributed by atoms with E-state index in [1.54, 1.807) is 24.5 Å². The summed E-state index contributed by atoms with van der Waals surface area (Å²) in [6, 6.07) is 3.37. The molecule has 0 aromatic carbocycles. The maximum Gasteiger partial charge on any atom is 0.233 e. The molecule has 3 rings (SSSR count). The van der Waals surface area contributed by atoms with Crippen molar-refractivity contribution in [3.05, 3.63) is 36.7 Å². The monoisotopic (exact) mass is 299 g/mol. The summed E-state index contributed by atoms with van der Waals surface area (Å²) in [5, 5.41) is 2.72. The van der Waals surface area contributed by atoms with E-state index in [1.165, 1.54) is 4.90 Å². The molecule has 1 fully saturated rings. The second-order valence-electron chi connectivity index (χ2n) is 5.52. The van der Waals surface area contributed by atoms with Crippen molar-refractivity contribution < 1.29 is 14.4 Å². The number of amides is 3. The van der Waals surface area contributed by atoms with E-state index in [4.69, 9.17) is 0 Å². The summed E-state index contributed by atoms with van der Waals surface area (Å²) in [5.41, 5.74) is 0.650. The molecule has 1 aliphatic heterocycles. The van der Waals surface area contributed by atoms with Crippen molar-refractivity contribution in [1.82, 2.24) is 9.88 Å². The van der Waals surface area contributed by atoms with Crippen LogP contribution in [-0.2, 0) is 14.4 Å². The van der Waals surface area contributed by atoms with Crippen LogP contribution in [0.25, 0.3) is 0 Å². The molecule has 0 radical (unpaired) electrons. The number of imide groups is 1. The molecule has 1 aliphatic carbocycles. The number of hydrogen-bond donors (Lipinski definition) is 1. The van der Waals surface area contributed by atoms with E-state index in [0.717, 1.165) is 0 Å². The summed E-state index contributed by atoms with van der Waals surface area (Å²) in [7, 11) is 0. The van der Waals surface area contributed by atoms with E-state index in [9.17, 15) is 14.4 Å². The van der Waals surface area contributed by atoms with E-state index in [1.807, 2.05) is 12.2 Å². The van der Waals surface area contributed by atoms with Crippen molar-refractivity contribution in [3.8, 4) is 0 Å². The lowest BCUT2D eigenvalue weighted by molar-refractivity contribution is -0.140. The van der Waals surface area contributed by atoms with Gasteiger partial charge in [-0.15, -0.1) is 0 Å². The van der Waals surface area contributed by atoms with Gasteiger partial charge in [0.15, 0.2) is 0 Å². The Morgan fingerprint density at radius 1 is 1.14 bits per heavy atom. The van der Waals surface area contributed by atoms with Crippen molar-refractivity contribution >= 4 is 23.4 Å². The fourth-order valence-corrected chi connectivity index (χ4v) is 2.96. The third kappa shape index (κ3) is 2.77. The topological polar surface area (TPSA) is 79.4 Å². The molecule has 1 aromatic heterocycles. The molecule has 3 amide bonds. The Hall–Kier alpha value is -2.50. The smallest absolute Gasteiger partial charge is 0.233 e. The number of fused-ring (bicyclic) bond motifs is 1. The molecule has 22 heavy (non-hydrogen) atoms. The summed E-state index contributed by atoms with van der Waals surface area (Å²) in [4.78, 5) is 41.5. The van der Waals surface area contributed by atoms with Crippen molar-refractivity contribution in [2.24, 2.45) is 11.8 Å². The van der Waals surface area contributed by atoms with Crippen molar-refractivity contribution in [2.75, 3.05) is 11.9 Å². The highest BCUT2D eigenvalue weighted by molar-refractivity contribution is 6.05. The zero-order valence-electron chi connectivity index (χ0n) is 12.1. The predicted octanol–water partition coefficient (Wildman–Crippen LogP) is 1.36. The van der Waals surface area contributed by atoms with Crippen LogP contribution >= 0.6 is 0 Å². The minimum Gasteiger partial charge on any atom is -0.326 e. The van der Waals surface area contributed by atoms with Crippen LogP contribution in [0, 0.1) is 11.8 Å². The lowest BCUT2D eigenvalue weighted by Gasteiger charge is -2.14. The summed E-state index contributed by atoms with van der Waals surface area (Å²) < 4.78 is 0. The van der Waals surface area contributed by atoms with Gasteiger partial charge >= 0.3 is 0 Å². The van der Waals surface area contributed by atoms with Crippen LogP contribution in [0.5, 0.6) is 0 Å². The van der Waals surface area contributed by atoms with Crippen LogP contribution in [0.15, 0.2) is 36.7 Å². The number of likely N-dealkylation sites (tertiary alicyclic amines) is 1. The largest absolute Gasteiger partial charge is 0.326 e. The van der Waals surface area contributed by atoms with Crippen molar-refractivity contribution in [2.45, 2.75) is 19.3 Å². The van der Waals surface area contributed by atoms with E-state index < -0.39 is 0 Å². The molecule has 0 spiro atoms. The number of nitrogens with one attached hydrogen (secondary N) is 1. The van der Waals surface area contributed by atoms with Crippen LogP contribution < -0.4 is 5.32 Å². The number of aromatic nitrogens is 1. The lowest BCUT2D eigenvalue weighted by atomic mass is 9.85. The van der Waals surface area contributed by atoms with Crippen molar-refractivity contribution in [1.29, 1.82) is 0 Å². The second kappa shape index (κ2) is 6.09. The molecule has 1 aromatic rings. The van der Waals surface area contributed by atoms with Gasteiger partial charge in [0, 0.05) is 31.0 Å². The lowest BCUT2D eigenvalue weighted by Crippen LogP contribution is -2.34. The van der Waals surface area contributed by atoms with E-state index in [-0.39, 0.29) is 42.5 Å². The van der Waals surface area contributed by atoms with Crippen LogP contribution in [0.3, 0.4) is 0 Å². The molecule has 6 nitrogen and oxygen atoms in total. The molecular weight excluding hydrogens is 282 g/mol. The highest BCUT2D eigenvalue weighted by Crippen LogP contribution is 2.34. The maximum atomic E-state index is 12.3. The number of pyridine rings is 1. The molecule has 2 heterocycles. The fourth-order valence-electron chi connectivity index (χ4n) is 2.96. The Morgan fingerprint density at radius 3 is 2.32 bits per heavy atom. The quantitative estimate of drug-likeness (QED) is 0.672. The van der Waals surface area contributed by atoms with Gasteiger partial charge < -0.3 is 5.32 Å². The van der Waals surface area contributed by atoms with Gasteiger partial charge in [0.1, 0.15) is 0 Å². The minimum absolute atomic E-state index is 0.104. The molecule has 6 heteroatoms. The third-order valence-electron chi connectivity index (χ3n) is 4.13. The van der Waals surface area contributed by atoms with Gasteiger partial charge in [-0.05, 0) is 25.0 Å². The van der Waals surface area contributed by atoms with Crippen LogP contribution in [0.1, 0.15) is 19.3 Å². The molecule has 2 aliphatic rings. The van der Waals surface area contributed by atoms with Gasteiger partial charge in [0.25, 0.3) is 0 Å². The Morgan fingerprint density at radius 2 is 1.73 bits per heavy atom. The summed E-state index contributed by atoms with van der Waals surface area (Å²) >= 11 is 0. The van der Waals surface area contributed by atoms with E-state index >= 15 is 0 Å². The maximum absolute atomic E-state index is 12.3. The molecular formula is C16H17N3O3. The fraction of sp³-hybridized carbons (Fsp3) is 0.375. The van der Waals surface area contributed by atoms with Gasteiger partial charge in [-0.1, -0.05) is 12.2 Å². The standard InChI is InChI=1S/C16H17N3O3/c20-14(18-11-5-8-17-9-6-11)7-10-19-15(21)12-3-1-2-4-13(12)16(19)22/h1-2,5-6,8-9,12-13H,3-4,7,10H2,(H,17,18,20)/t12-,13-/m1/s1. The Bertz CT molecular complexity index is 601. The van der Waals surface area contributed by atoms with Crippen LogP contribution in [-0.4, -0.2) is 34.2 Å². The molecule has 0 unspecified atom stereocenters. The highest BCUT2D eigenvalue weighted by atomic mass is 16.2. The number of carbonyl (C=O) groups excluding carboxylic acids is 3. The van der Waals surface area contributed by atoms with E-state index in [2.05, 4.69) is 10.3 Å². The SMILES string of the molecule is O=C(CCN1C(=O)[C@@H]2CC=CC[C@H]2C1=O)Nc1ccncc1. The molecule has 1 saturated heterocycles. The normalized spacial score (nSPS) is 23.5. The number of nitrogens with zero attached hydrogens (tertiary/aromatic N) is 2. The van der Waals surface area contributed by atoms with Gasteiger partial charge in [0.05, 0.1) is 11.8 Å². The average Bonchev–Trinajstić information content (AvgIpc) is 2.78. The molecule has 114 valence electrons. The van der Waals surface area contributed by atoms with Gasteiger partial charge in [-0.25, -0.2) is 0 Å². The highest BCUT2D eigenvalue weighted by Gasteiger charge is 2.46. The molecule has 0 bridgehead atoms. The summed E-state index contributed by atoms with van der Waals surface area (Å²) in [6.45, 7) is 0.140. The number of rotatable bonds is 4. The number of hydrogen-bond acceptors (Lipinski definition) is 4. The number of carbonyl (C=O) groups is 3. The average molecular weight is 299 g/mol. The van der Waals surface area contributed by atoms with E-state index in [0.29, 0.717) is 18.5 Å². The Balaban J connectivity index is 1.56. The first kappa shape index (κ1) is 14.4. The predicted molar refractivity (Wildman–Crippen MR) is 79.6 cm³/mol. The Kier molecular flexibility index (Phi) is 4.00. The van der Waals surface area contributed by atoms with Gasteiger partial charge in [-0.3, -0.25) is 24.3 Å². The van der Waals surface area contributed by atoms with Gasteiger partial charge in [-0.2, -0.15) is 0 Å². The molecule has 0 saturated carbocycles. The first-order valence-corrected chi connectivity index (χ1v) is 7.37. The first-order valence-electron chi connectivity index (χ1n) is 7.37.